The number of H-pyrrole nitrogens is 1. The Kier molecular flexibility index (Phi) is 3.66. The first kappa shape index (κ1) is 14.4. The maximum absolute atomic E-state index is 13.1. The number of aromatic amines is 1. The van der Waals surface area contributed by atoms with Gasteiger partial charge in [-0.1, -0.05) is 0 Å². The van der Waals surface area contributed by atoms with Crippen molar-refractivity contribution in [1.82, 2.24) is 24.6 Å². The third kappa shape index (κ3) is 2.83. The Hall–Kier alpha value is -3.22. The zero-order chi connectivity index (χ0) is 16.4. The van der Waals surface area contributed by atoms with Gasteiger partial charge in [0.25, 0.3) is 0 Å². The molecule has 0 unspecified atom stereocenters. The second-order valence-corrected chi connectivity index (χ2v) is 5.35. The van der Waals surface area contributed by atoms with Gasteiger partial charge in [-0.15, -0.1) is 0 Å². The van der Waals surface area contributed by atoms with Gasteiger partial charge in [0.1, 0.15) is 17.5 Å². The number of rotatable bonds is 5. The maximum Gasteiger partial charge on any atom is 0.157 e. The second-order valence-electron chi connectivity index (χ2n) is 5.35. The lowest BCUT2D eigenvalue weighted by molar-refractivity contribution is 0.628. The number of hydrogen-bond donors (Lipinski definition) is 2. The molecule has 120 valence electrons. The molecular weight excluding hydrogens is 307 g/mol. The lowest BCUT2D eigenvalue weighted by Gasteiger charge is -2.10. The van der Waals surface area contributed by atoms with Gasteiger partial charge in [-0.25, -0.2) is 14.4 Å². The third-order valence-electron chi connectivity index (χ3n) is 3.72. The highest BCUT2D eigenvalue weighted by Gasteiger charge is 2.08. The van der Waals surface area contributed by atoms with Crippen LogP contribution in [0.1, 0.15) is 5.82 Å². The van der Waals surface area contributed by atoms with Crippen molar-refractivity contribution in [1.29, 1.82) is 0 Å². The van der Waals surface area contributed by atoms with E-state index in [1.165, 1.54) is 12.1 Å². The van der Waals surface area contributed by atoms with Crippen molar-refractivity contribution < 1.29 is 4.39 Å². The molecule has 0 bridgehead atoms. The monoisotopic (exact) mass is 322 g/mol. The lowest BCUT2D eigenvalue weighted by atomic mass is 10.1. The predicted molar refractivity (Wildman–Crippen MR) is 89.2 cm³/mol. The van der Waals surface area contributed by atoms with E-state index in [1.807, 2.05) is 12.1 Å². The molecule has 0 saturated heterocycles. The van der Waals surface area contributed by atoms with E-state index in [1.54, 1.807) is 35.2 Å². The average molecular weight is 322 g/mol. The summed E-state index contributed by atoms with van der Waals surface area (Å²) in [5.74, 6) is 1.49. The quantitative estimate of drug-likeness (QED) is 0.593. The van der Waals surface area contributed by atoms with Crippen LogP contribution < -0.4 is 5.32 Å². The topological polar surface area (TPSA) is 70.9 Å². The maximum atomic E-state index is 13.1. The Morgan fingerprint density at radius 2 is 2.00 bits per heavy atom. The van der Waals surface area contributed by atoms with E-state index >= 15 is 0 Å². The van der Waals surface area contributed by atoms with Crippen LogP contribution in [0.2, 0.25) is 0 Å². The number of hydrogen-bond acceptors (Lipinski definition) is 4. The molecule has 0 atom stereocenters. The van der Waals surface area contributed by atoms with E-state index in [2.05, 4.69) is 25.4 Å². The summed E-state index contributed by atoms with van der Waals surface area (Å²) in [7, 11) is 0. The standard InChI is InChI=1S/C17H15FN6/c18-13-3-1-12(2-4-13)14-11-17(24-16(23-14)6-8-22-24)21-7-5-15-19-9-10-20-15/h1-4,6,8-11,21H,5,7H2,(H,19,20). The SMILES string of the molecule is Fc1ccc(-c2cc(NCCc3ncc[nH]3)n3nccc3n2)cc1. The molecule has 24 heavy (non-hydrogen) atoms. The number of nitrogens with one attached hydrogen (secondary N) is 2. The molecule has 0 fully saturated rings. The molecule has 0 aliphatic carbocycles. The molecule has 0 radical (unpaired) electrons. The van der Waals surface area contributed by atoms with E-state index in [0.29, 0.717) is 6.54 Å². The Bertz CT molecular complexity index is 943. The molecule has 3 heterocycles. The summed E-state index contributed by atoms with van der Waals surface area (Å²) in [6.45, 7) is 0.704. The minimum Gasteiger partial charge on any atom is -0.369 e. The van der Waals surface area contributed by atoms with Gasteiger partial charge in [0, 0.05) is 43.1 Å². The number of fused-ring (bicyclic) bond motifs is 1. The van der Waals surface area contributed by atoms with Crippen molar-refractivity contribution in [3.8, 4) is 11.3 Å². The van der Waals surface area contributed by atoms with Crippen LogP contribution in [-0.2, 0) is 6.42 Å². The number of benzene rings is 1. The minimum atomic E-state index is -0.263. The summed E-state index contributed by atoms with van der Waals surface area (Å²) in [6.07, 6.45) is 6.01. The van der Waals surface area contributed by atoms with Crippen molar-refractivity contribution in [2.45, 2.75) is 6.42 Å². The van der Waals surface area contributed by atoms with Crippen LogP contribution in [0.3, 0.4) is 0 Å². The Morgan fingerprint density at radius 1 is 1.12 bits per heavy atom. The molecule has 6 nitrogen and oxygen atoms in total. The van der Waals surface area contributed by atoms with Crippen molar-refractivity contribution in [2.75, 3.05) is 11.9 Å². The molecule has 0 amide bonds. The molecule has 0 saturated carbocycles. The predicted octanol–water partition coefficient (Wildman–Crippen LogP) is 2.91. The molecule has 0 spiro atoms. The van der Waals surface area contributed by atoms with Crippen LogP contribution >= 0.6 is 0 Å². The first-order valence-electron chi connectivity index (χ1n) is 7.62. The van der Waals surface area contributed by atoms with Crippen LogP contribution in [0.4, 0.5) is 10.2 Å². The fraction of sp³-hybridized carbons (Fsp3) is 0.118. The highest BCUT2D eigenvalue weighted by Crippen LogP contribution is 2.22. The largest absolute Gasteiger partial charge is 0.369 e. The number of anilines is 1. The van der Waals surface area contributed by atoms with Crippen molar-refractivity contribution in [2.24, 2.45) is 0 Å². The summed E-state index contributed by atoms with van der Waals surface area (Å²) in [6, 6.07) is 10.1. The zero-order valence-corrected chi connectivity index (χ0v) is 12.8. The van der Waals surface area contributed by atoms with Crippen molar-refractivity contribution in [3.63, 3.8) is 0 Å². The molecule has 0 aliphatic heterocycles. The van der Waals surface area contributed by atoms with Crippen molar-refractivity contribution >= 4 is 11.5 Å². The molecule has 3 aromatic heterocycles. The molecule has 4 rings (SSSR count). The van der Waals surface area contributed by atoms with Gasteiger partial charge >= 0.3 is 0 Å². The highest BCUT2D eigenvalue weighted by molar-refractivity contribution is 5.66. The summed E-state index contributed by atoms with van der Waals surface area (Å²) in [5.41, 5.74) is 2.36. The van der Waals surface area contributed by atoms with Gasteiger partial charge in [0.15, 0.2) is 5.65 Å². The average Bonchev–Trinajstić information content (AvgIpc) is 3.26. The van der Waals surface area contributed by atoms with Gasteiger partial charge in [0.2, 0.25) is 0 Å². The normalized spacial score (nSPS) is 11.0. The fourth-order valence-electron chi connectivity index (χ4n) is 2.55. The number of imidazole rings is 1. The molecular formula is C17H15FN6. The van der Waals surface area contributed by atoms with Crippen molar-refractivity contribution in [3.05, 3.63) is 66.6 Å². The van der Waals surface area contributed by atoms with Crippen LogP contribution in [-0.4, -0.2) is 31.1 Å². The third-order valence-corrected chi connectivity index (χ3v) is 3.72. The highest BCUT2D eigenvalue weighted by atomic mass is 19.1. The molecule has 1 aromatic carbocycles. The smallest absolute Gasteiger partial charge is 0.157 e. The van der Waals surface area contributed by atoms with E-state index in [4.69, 9.17) is 0 Å². The summed E-state index contributed by atoms with van der Waals surface area (Å²) in [5, 5.41) is 7.65. The van der Waals surface area contributed by atoms with Gasteiger partial charge in [-0.2, -0.15) is 9.61 Å². The van der Waals surface area contributed by atoms with Crippen LogP contribution in [0.15, 0.2) is 55.0 Å². The molecule has 0 aliphatic rings. The second kappa shape index (κ2) is 6.11. The number of aromatic nitrogens is 5. The molecule has 2 N–H and O–H groups in total. The van der Waals surface area contributed by atoms with Gasteiger partial charge in [0.05, 0.1) is 11.9 Å². The zero-order valence-electron chi connectivity index (χ0n) is 12.8. The molecule has 4 aromatic rings. The van der Waals surface area contributed by atoms with Gasteiger partial charge < -0.3 is 10.3 Å². The lowest BCUT2D eigenvalue weighted by Crippen LogP contribution is -2.10. The summed E-state index contributed by atoms with van der Waals surface area (Å²) >= 11 is 0. The minimum absolute atomic E-state index is 0.263. The Balaban J connectivity index is 1.63. The van der Waals surface area contributed by atoms with Crippen LogP contribution in [0.25, 0.3) is 16.9 Å². The molecule has 7 heteroatoms. The summed E-state index contributed by atoms with van der Waals surface area (Å²) < 4.78 is 14.9. The number of nitrogens with zero attached hydrogens (tertiary/aromatic N) is 4. The van der Waals surface area contributed by atoms with Crippen LogP contribution in [0, 0.1) is 5.82 Å². The van der Waals surface area contributed by atoms with E-state index in [9.17, 15) is 4.39 Å². The van der Waals surface area contributed by atoms with Gasteiger partial charge in [-0.3, -0.25) is 0 Å². The van der Waals surface area contributed by atoms with E-state index < -0.39 is 0 Å². The summed E-state index contributed by atoms with van der Waals surface area (Å²) in [4.78, 5) is 11.9. The van der Waals surface area contributed by atoms with E-state index in [-0.39, 0.29) is 5.82 Å². The first-order chi connectivity index (χ1) is 11.8. The van der Waals surface area contributed by atoms with Gasteiger partial charge in [-0.05, 0) is 24.3 Å². The number of halogens is 1. The Morgan fingerprint density at radius 3 is 2.79 bits per heavy atom. The van der Waals surface area contributed by atoms with Crippen LogP contribution in [0.5, 0.6) is 0 Å². The fourth-order valence-corrected chi connectivity index (χ4v) is 2.55. The Labute approximate surface area is 137 Å². The van der Waals surface area contributed by atoms with E-state index in [0.717, 1.165) is 35.0 Å². The first-order valence-corrected chi connectivity index (χ1v) is 7.62.